The Labute approximate surface area is 236 Å². The second-order valence-corrected chi connectivity index (χ2v) is 16.6. The highest BCUT2D eigenvalue weighted by Crippen LogP contribution is 2.72. The highest BCUT2D eigenvalue weighted by Gasteiger charge is 2.63. The first-order valence-corrected chi connectivity index (χ1v) is 17.0. The SMILES string of the molecule is CC(C)C(CCC(C)C1CC[C@@]2(C)C3=C(CCC12C)C1(C)CC[C@H](O)C(C)(C)C1CC3)NC1CCCCC1. The van der Waals surface area contributed by atoms with E-state index < -0.39 is 0 Å². The third kappa shape index (κ3) is 4.59. The van der Waals surface area contributed by atoms with Gasteiger partial charge in [0.1, 0.15) is 0 Å². The molecule has 0 heterocycles. The van der Waals surface area contributed by atoms with Gasteiger partial charge in [0.15, 0.2) is 0 Å². The molecule has 3 fully saturated rings. The third-order valence-corrected chi connectivity index (χ3v) is 14.3. The van der Waals surface area contributed by atoms with E-state index in [1.165, 1.54) is 89.9 Å². The molecule has 0 amide bonds. The summed E-state index contributed by atoms with van der Waals surface area (Å²) < 4.78 is 0. The van der Waals surface area contributed by atoms with E-state index in [1.54, 1.807) is 0 Å². The van der Waals surface area contributed by atoms with E-state index in [0.29, 0.717) is 28.2 Å². The minimum Gasteiger partial charge on any atom is -0.393 e. The zero-order valence-corrected chi connectivity index (χ0v) is 26.6. The average molecular weight is 526 g/mol. The van der Waals surface area contributed by atoms with Crippen molar-refractivity contribution < 1.29 is 5.11 Å². The summed E-state index contributed by atoms with van der Waals surface area (Å²) in [4.78, 5) is 0. The van der Waals surface area contributed by atoms with Crippen LogP contribution in [0.15, 0.2) is 11.1 Å². The molecule has 5 rings (SSSR count). The predicted octanol–water partition coefficient (Wildman–Crippen LogP) is 9.46. The fourth-order valence-electron chi connectivity index (χ4n) is 11.5. The van der Waals surface area contributed by atoms with Crippen molar-refractivity contribution in [1.82, 2.24) is 5.32 Å². The maximum Gasteiger partial charge on any atom is 0.0594 e. The first-order chi connectivity index (χ1) is 17.8. The number of fused-ring (bicyclic) bond motifs is 4. The van der Waals surface area contributed by atoms with Crippen molar-refractivity contribution in [3.63, 3.8) is 0 Å². The van der Waals surface area contributed by atoms with Crippen LogP contribution in [0.2, 0.25) is 0 Å². The third-order valence-electron chi connectivity index (χ3n) is 14.3. The topological polar surface area (TPSA) is 32.3 Å². The van der Waals surface area contributed by atoms with E-state index >= 15 is 0 Å². The maximum absolute atomic E-state index is 10.9. The Kier molecular flexibility index (Phi) is 8.05. The van der Waals surface area contributed by atoms with Crippen LogP contribution in [-0.4, -0.2) is 23.3 Å². The van der Waals surface area contributed by atoms with Crippen LogP contribution < -0.4 is 5.32 Å². The summed E-state index contributed by atoms with van der Waals surface area (Å²) in [5, 5.41) is 15.0. The van der Waals surface area contributed by atoms with Crippen LogP contribution in [0.5, 0.6) is 0 Å². The molecule has 0 radical (unpaired) electrons. The van der Waals surface area contributed by atoms with Gasteiger partial charge in [-0.25, -0.2) is 0 Å². The molecule has 2 heteroatoms. The number of allylic oxidation sites excluding steroid dienone is 2. The molecule has 8 atom stereocenters. The van der Waals surface area contributed by atoms with Crippen LogP contribution in [0, 0.1) is 45.3 Å². The summed E-state index contributed by atoms with van der Waals surface area (Å²) in [6.07, 6.45) is 20.0. The molecule has 0 aromatic rings. The number of hydrogen-bond donors (Lipinski definition) is 2. The lowest BCUT2D eigenvalue weighted by Gasteiger charge is -2.62. The van der Waals surface area contributed by atoms with Gasteiger partial charge in [-0.15, -0.1) is 0 Å². The van der Waals surface area contributed by atoms with E-state index in [2.05, 4.69) is 60.7 Å². The minimum absolute atomic E-state index is 0.0402. The molecule has 0 saturated heterocycles. The number of hydrogen-bond acceptors (Lipinski definition) is 2. The van der Waals surface area contributed by atoms with Crippen molar-refractivity contribution in [2.24, 2.45) is 45.3 Å². The van der Waals surface area contributed by atoms with Gasteiger partial charge in [0.2, 0.25) is 0 Å². The van der Waals surface area contributed by atoms with Crippen molar-refractivity contribution in [3.8, 4) is 0 Å². The van der Waals surface area contributed by atoms with Gasteiger partial charge in [-0.1, -0.05) is 85.8 Å². The molecule has 38 heavy (non-hydrogen) atoms. The lowest BCUT2D eigenvalue weighted by Crippen LogP contribution is -2.55. The van der Waals surface area contributed by atoms with E-state index in [9.17, 15) is 5.11 Å². The van der Waals surface area contributed by atoms with Gasteiger partial charge in [0.25, 0.3) is 0 Å². The number of nitrogens with one attached hydrogen (secondary N) is 1. The molecule has 3 saturated carbocycles. The second-order valence-electron chi connectivity index (χ2n) is 16.6. The first-order valence-electron chi connectivity index (χ1n) is 17.0. The first kappa shape index (κ1) is 29.2. The zero-order valence-electron chi connectivity index (χ0n) is 26.6. The molecule has 0 bridgehead atoms. The van der Waals surface area contributed by atoms with Gasteiger partial charge < -0.3 is 10.4 Å². The Balaban J connectivity index is 1.31. The van der Waals surface area contributed by atoms with Crippen LogP contribution in [0.3, 0.4) is 0 Å². The lowest BCUT2D eigenvalue weighted by atomic mass is 9.43. The summed E-state index contributed by atoms with van der Waals surface area (Å²) >= 11 is 0. The number of aliphatic hydroxyl groups is 1. The van der Waals surface area contributed by atoms with Crippen LogP contribution in [0.4, 0.5) is 0 Å². The molecule has 218 valence electrons. The largest absolute Gasteiger partial charge is 0.393 e. The second kappa shape index (κ2) is 10.5. The van der Waals surface area contributed by atoms with Gasteiger partial charge >= 0.3 is 0 Å². The molecular formula is C36H63NO. The molecule has 0 aromatic carbocycles. The van der Waals surface area contributed by atoms with Crippen LogP contribution in [0.1, 0.15) is 152 Å². The lowest BCUT2D eigenvalue weighted by molar-refractivity contribution is -0.0962. The van der Waals surface area contributed by atoms with E-state index in [4.69, 9.17) is 0 Å². The Morgan fingerprint density at radius 3 is 2.18 bits per heavy atom. The molecule has 5 aliphatic rings. The monoisotopic (exact) mass is 525 g/mol. The normalized spacial score (nSPS) is 42.9. The van der Waals surface area contributed by atoms with Crippen LogP contribution in [0.25, 0.3) is 0 Å². The Bertz CT molecular complexity index is 882. The molecule has 2 N–H and O–H groups in total. The molecule has 5 aliphatic carbocycles. The van der Waals surface area contributed by atoms with Gasteiger partial charge in [-0.2, -0.15) is 0 Å². The fourth-order valence-corrected chi connectivity index (χ4v) is 11.5. The van der Waals surface area contributed by atoms with Crippen molar-refractivity contribution in [2.75, 3.05) is 0 Å². The van der Waals surface area contributed by atoms with Gasteiger partial charge in [-0.05, 0) is 122 Å². The van der Waals surface area contributed by atoms with Gasteiger partial charge in [0.05, 0.1) is 6.10 Å². The van der Waals surface area contributed by atoms with Crippen molar-refractivity contribution in [1.29, 1.82) is 0 Å². The van der Waals surface area contributed by atoms with E-state index in [1.807, 2.05) is 11.1 Å². The predicted molar refractivity (Wildman–Crippen MR) is 162 cm³/mol. The fraction of sp³-hybridized carbons (Fsp3) is 0.944. The summed E-state index contributed by atoms with van der Waals surface area (Å²) in [6, 6.07) is 1.45. The molecule has 2 nitrogen and oxygen atoms in total. The quantitative estimate of drug-likeness (QED) is 0.324. The van der Waals surface area contributed by atoms with Crippen molar-refractivity contribution in [3.05, 3.63) is 11.1 Å². The Morgan fingerprint density at radius 1 is 0.789 bits per heavy atom. The molecule has 0 spiro atoms. The highest BCUT2D eigenvalue weighted by atomic mass is 16.3. The summed E-state index contributed by atoms with van der Waals surface area (Å²) in [6.45, 7) is 20.2. The maximum atomic E-state index is 10.9. The smallest absolute Gasteiger partial charge is 0.0594 e. The Morgan fingerprint density at radius 2 is 1.50 bits per heavy atom. The Hall–Kier alpha value is -0.340. The summed E-state index contributed by atoms with van der Waals surface area (Å²) in [5.41, 5.74) is 4.93. The molecule has 6 unspecified atom stereocenters. The molecule has 0 aromatic heterocycles. The number of aliphatic hydroxyl groups excluding tert-OH is 1. The zero-order chi connectivity index (χ0) is 27.5. The van der Waals surface area contributed by atoms with Crippen molar-refractivity contribution in [2.45, 2.75) is 170 Å². The summed E-state index contributed by atoms with van der Waals surface area (Å²) in [5.74, 6) is 3.03. The average Bonchev–Trinajstić information content (AvgIpc) is 3.16. The highest BCUT2D eigenvalue weighted by molar-refractivity contribution is 5.38. The standard InChI is InChI=1S/C36H63NO/c1-24(2)30(37-26-12-10-9-11-13-26)16-14-25(3)27-18-22-36(8)29-15-17-31-33(4,5)32(38)20-21-34(31,6)28(29)19-23-35(27,36)7/h24-27,30-32,37-38H,9-23H2,1-8H3/t25?,27?,30?,31?,32-,34?,35?,36-/m0/s1. The van der Waals surface area contributed by atoms with Gasteiger partial charge in [0, 0.05) is 12.1 Å². The van der Waals surface area contributed by atoms with E-state index in [-0.39, 0.29) is 11.5 Å². The molecular weight excluding hydrogens is 462 g/mol. The molecule has 0 aliphatic heterocycles. The van der Waals surface area contributed by atoms with Crippen molar-refractivity contribution >= 4 is 0 Å². The van der Waals surface area contributed by atoms with Crippen LogP contribution in [-0.2, 0) is 0 Å². The van der Waals surface area contributed by atoms with Gasteiger partial charge in [-0.3, -0.25) is 0 Å². The van der Waals surface area contributed by atoms with E-state index in [0.717, 1.165) is 30.2 Å². The van der Waals surface area contributed by atoms with Crippen LogP contribution >= 0.6 is 0 Å². The number of rotatable bonds is 7. The minimum atomic E-state index is -0.133. The summed E-state index contributed by atoms with van der Waals surface area (Å²) in [7, 11) is 0.